The van der Waals surface area contributed by atoms with E-state index in [-0.39, 0.29) is 0 Å². The van der Waals surface area contributed by atoms with E-state index >= 15 is 0 Å². The van der Waals surface area contributed by atoms with E-state index in [9.17, 15) is 9.59 Å². The van der Waals surface area contributed by atoms with E-state index in [0.29, 0.717) is 23.7 Å². The average Bonchev–Trinajstić information content (AvgIpc) is 3.27. The Balaban J connectivity index is 1.70. The van der Waals surface area contributed by atoms with Crippen LogP contribution in [0.3, 0.4) is 0 Å². The molecule has 0 saturated carbocycles. The molecule has 3 rings (SSSR count). The number of hydrogen-bond acceptors (Lipinski definition) is 5. The highest BCUT2D eigenvalue weighted by Crippen LogP contribution is 2.15. The lowest BCUT2D eigenvalue weighted by Crippen LogP contribution is -2.24. The molecule has 2 heterocycles. The van der Waals surface area contributed by atoms with Crippen LogP contribution in [-0.2, 0) is 11.3 Å². The lowest BCUT2D eigenvalue weighted by atomic mass is 10.1. The molecule has 2 aromatic heterocycles. The summed E-state index contributed by atoms with van der Waals surface area (Å²) in [6.45, 7) is 0.531. The summed E-state index contributed by atoms with van der Waals surface area (Å²) in [6.07, 6.45) is 1.58. The molecule has 0 aliphatic heterocycles. The molecule has 1 amide bonds. The Kier molecular flexibility index (Phi) is 4.72. The van der Waals surface area contributed by atoms with Crippen LogP contribution in [0.25, 0.3) is 0 Å². The Bertz CT molecular complexity index is 838. The van der Waals surface area contributed by atoms with E-state index in [1.54, 1.807) is 52.5 Å². The number of Topliss-reactive ketones (excluding diaryl/α,β-unsaturated/α-hetero) is 1. The molecule has 0 unspecified atom stereocenters. The topological polar surface area (TPSA) is 73.2 Å². The van der Waals surface area contributed by atoms with Crippen LogP contribution in [0.2, 0.25) is 0 Å². The molecule has 1 aromatic carbocycles. The molecular weight excluding hydrogens is 326 g/mol. The predicted octanol–water partition coefficient (Wildman–Crippen LogP) is 2.82. The first-order chi connectivity index (χ1) is 11.7. The normalized spacial score (nSPS) is 10.4. The minimum absolute atomic E-state index is 0.303. The Labute approximate surface area is 142 Å². The molecular formula is C17H15N3O3S. The van der Waals surface area contributed by atoms with Crippen molar-refractivity contribution in [1.29, 1.82) is 0 Å². The van der Waals surface area contributed by atoms with E-state index in [1.165, 1.54) is 7.11 Å². The molecule has 0 spiro atoms. The maximum atomic E-state index is 12.2. The number of carbonyl (C=O) groups is 2. The van der Waals surface area contributed by atoms with Gasteiger partial charge in [-0.15, -0.1) is 0 Å². The van der Waals surface area contributed by atoms with Gasteiger partial charge in [0.05, 0.1) is 19.9 Å². The fourth-order valence-electron chi connectivity index (χ4n) is 2.17. The second kappa shape index (κ2) is 7.10. The zero-order valence-electron chi connectivity index (χ0n) is 12.9. The van der Waals surface area contributed by atoms with Crippen LogP contribution >= 0.6 is 11.3 Å². The Morgan fingerprint density at radius 2 is 2.00 bits per heavy atom. The number of anilines is 1. The highest BCUT2D eigenvalue weighted by molar-refractivity contribution is 7.07. The minimum atomic E-state index is -0.702. The number of aromatic nitrogens is 2. The minimum Gasteiger partial charge on any atom is -0.497 e. The molecule has 6 nitrogen and oxygen atoms in total. The second-order valence-corrected chi connectivity index (χ2v) is 5.80. The number of methoxy groups -OCH3 is 1. The van der Waals surface area contributed by atoms with Gasteiger partial charge in [0.15, 0.2) is 0 Å². The van der Waals surface area contributed by atoms with Crippen molar-refractivity contribution >= 4 is 28.8 Å². The van der Waals surface area contributed by atoms with Crippen LogP contribution in [0.15, 0.2) is 53.4 Å². The van der Waals surface area contributed by atoms with Crippen LogP contribution in [0.4, 0.5) is 5.82 Å². The summed E-state index contributed by atoms with van der Waals surface area (Å²) in [5, 5.41) is 10.8. The summed E-state index contributed by atoms with van der Waals surface area (Å²) in [4.78, 5) is 24.4. The van der Waals surface area contributed by atoms with E-state index in [1.807, 2.05) is 16.8 Å². The molecule has 0 aliphatic carbocycles. The van der Waals surface area contributed by atoms with E-state index in [4.69, 9.17) is 4.74 Å². The van der Waals surface area contributed by atoms with Gasteiger partial charge in [0, 0.05) is 11.6 Å². The van der Waals surface area contributed by atoms with E-state index < -0.39 is 11.7 Å². The van der Waals surface area contributed by atoms with Gasteiger partial charge in [0.1, 0.15) is 11.6 Å². The summed E-state index contributed by atoms with van der Waals surface area (Å²) in [5.74, 6) is -0.206. The van der Waals surface area contributed by atoms with Crippen LogP contribution < -0.4 is 10.1 Å². The van der Waals surface area contributed by atoms with Gasteiger partial charge in [-0.2, -0.15) is 16.4 Å². The molecule has 0 atom stereocenters. The standard InChI is InChI=1S/C17H15N3O3S/c1-23-14-4-2-13(3-5-14)16(21)17(22)19-15-6-8-18-20(15)10-12-7-9-24-11-12/h2-9,11H,10H2,1H3,(H,19,22). The number of ketones is 1. The summed E-state index contributed by atoms with van der Waals surface area (Å²) in [5.41, 5.74) is 1.39. The van der Waals surface area contributed by atoms with Crippen molar-refractivity contribution in [1.82, 2.24) is 9.78 Å². The monoisotopic (exact) mass is 341 g/mol. The van der Waals surface area contributed by atoms with Crippen LogP contribution in [0.1, 0.15) is 15.9 Å². The maximum Gasteiger partial charge on any atom is 0.297 e. The van der Waals surface area contributed by atoms with Crippen molar-refractivity contribution in [3.8, 4) is 5.75 Å². The molecule has 3 aromatic rings. The largest absolute Gasteiger partial charge is 0.497 e. The molecule has 0 bridgehead atoms. The molecule has 24 heavy (non-hydrogen) atoms. The van der Waals surface area contributed by atoms with Crippen molar-refractivity contribution in [3.05, 3.63) is 64.5 Å². The molecule has 122 valence electrons. The van der Waals surface area contributed by atoms with Crippen LogP contribution in [0, 0.1) is 0 Å². The third-order valence-corrected chi connectivity index (χ3v) is 4.16. The first kappa shape index (κ1) is 15.9. The number of thiophene rings is 1. The summed E-state index contributed by atoms with van der Waals surface area (Å²) >= 11 is 1.59. The molecule has 0 aliphatic rings. The van der Waals surface area contributed by atoms with Crippen molar-refractivity contribution in [2.45, 2.75) is 6.54 Å². The third kappa shape index (κ3) is 3.52. The van der Waals surface area contributed by atoms with Crippen molar-refractivity contribution in [2.24, 2.45) is 0 Å². The molecule has 0 radical (unpaired) electrons. The quantitative estimate of drug-likeness (QED) is 0.553. The second-order valence-electron chi connectivity index (χ2n) is 5.02. The van der Waals surface area contributed by atoms with Gasteiger partial charge in [0.25, 0.3) is 11.7 Å². The third-order valence-electron chi connectivity index (χ3n) is 3.43. The van der Waals surface area contributed by atoms with Crippen LogP contribution in [-0.4, -0.2) is 28.6 Å². The number of benzene rings is 1. The summed E-state index contributed by atoms with van der Waals surface area (Å²) in [7, 11) is 1.54. The highest BCUT2D eigenvalue weighted by atomic mass is 32.1. The van der Waals surface area contributed by atoms with Crippen molar-refractivity contribution in [3.63, 3.8) is 0 Å². The van der Waals surface area contributed by atoms with Gasteiger partial charge < -0.3 is 10.1 Å². The number of ether oxygens (including phenoxy) is 1. The highest BCUT2D eigenvalue weighted by Gasteiger charge is 2.18. The Morgan fingerprint density at radius 1 is 1.21 bits per heavy atom. The van der Waals surface area contributed by atoms with Crippen LogP contribution in [0.5, 0.6) is 5.75 Å². The fourth-order valence-corrected chi connectivity index (χ4v) is 2.83. The predicted molar refractivity (Wildman–Crippen MR) is 91.6 cm³/mol. The molecule has 7 heteroatoms. The lowest BCUT2D eigenvalue weighted by molar-refractivity contribution is -0.112. The number of nitrogens with zero attached hydrogens (tertiary/aromatic N) is 2. The van der Waals surface area contributed by atoms with E-state index in [0.717, 1.165) is 5.56 Å². The van der Waals surface area contributed by atoms with Gasteiger partial charge in [0.2, 0.25) is 0 Å². The van der Waals surface area contributed by atoms with Gasteiger partial charge in [-0.1, -0.05) is 0 Å². The van der Waals surface area contributed by atoms with Gasteiger partial charge in [-0.25, -0.2) is 4.68 Å². The lowest BCUT2D eigenvalue weighted by Gasteiger charge is -2.08. The molecule has 0 fully saturated rings. The fraction of sp³-hybridized carbons (Fsp3) is 0.118. The number of nitrogens with one attached hydrogen (secondary N) is 1. The van der Waals surface area contributed by atoms with Crippen molar-refractivity contribution in [2.75, 3.05) is 12.4 Å². The van der Waals surface area contributed by atoms with Gasteiger partial charge in [-0.3, -0.25) is 9.59 Å². The Hall–Kier alpha value is -2.93. The van der Waals surface area contributed by atoms with Crippen molar-refractivity contribution < 1.29 is 14.3 Å². The smallest absolute Gasteiger partial charge is 0.297 e. The zero-order valence-corrected chi connectivity index (χ0v) is 13.7. The van der Waals surface area contributed by atoms with E-state index in [2.05, 4.69) is 10.4 Å². The maximum absolute atomic E-state index is 12.2. The summed E-state index contributed by atoms with van der Waals surface area (Å²) < 4.78 is 6.68. The first-order valence-electron chi connectivity index (χ1n) is 7.20. The SMILES string of the molecule is COc1ccc(C(=O)C(=O)Nc2ccnn2Cc2ccsc2)cc1. The first-order valence-corrected chi connectivity index (χ1v) is 8.14. The summed E-state index contributed by atoms with van der Waals surface area (Å²) in [6, 6.07) is 10.0. The molecule has 0 saturated heterocycles. The number of rotatable bonds is 6. The van der Waals surface area contributed by atoms with Gasteiger partial charge in [-0.05, 0) is 46.7 Å². The Morgan fingerprint density at radius 3 is 2.67 bits per heavy atom. The number of hydrogen-bond donors (Lipinski definition) is 1. The number of amides is 1. The zero-order chi connectivity index (χ0) is 16.9. The van der Waals surface area contributed by atoms with Gasteiger partial charge >= 0.3 is 0 Å². The average molecular weight is 341 g/mol. The number of carbonyl (C=O) groups excluding carboxylic acids is 2. The molecule has 1 N–H and O–H groups in total.